The summed E-state index contributed by atoms with van der Waals surface area (Å²) in [6.07, 6.45) is -0.694. The summed E-state index contributed by atoms with van der Waals surface area (Å²) in [5.41, 5.74) is 2.57. The van der Waals surface area contributed by atoms with Crippen molar-refractivity contribution in [2.75, 3.05) is 13.1 Å². The Morgan fingerprint density at radius 3 is 2.41 bits per heavy atom. The summed E-state index contributed by atoms with van der Waals surface area (Å²) >= 11 is 0. The highest BCUT2D eigenvalue weighted by Crippen LogP contribution is 2.23. The van der Waals surface area contributed by atoms with Crippen molar-refractivity contribution < 1.29 is 14.6 Å². The molecule has 2 atom stereocenters. The zero-order valence-corrected chi connectivity index (χ0v) is 12.3. The van der Waals surface area contributed by atoms with Crippen LogP contribution in [-0.2, 0) is 6.54 Å². The van der Waals surface area contributed by atoms with Crippen molar-refractivity contribution >= 4 is 0 Å². The molecule has 3 nitrogen and oxygen atoms in total. The van der Waals surface area contributed by atoms with Crippen molar-refractivity contribution in [2.24, 2.45) is 0 Å². The minimum atomic E-state index is -0.675. The summed E-state index contributed by atoms with van der Waals surface area (Å²) in [6.45, 7) is 1.98. The van der Waals surface area contributed by atoms with Gasteiger partial charge < -0.3 is 10.2 Å². The predicted octanol–water partition coefficient (Wildman–Crippen LogP) is 2.42. The van der Waals surface area contributed by atoms with E-state index in [4.69, 9.17) is 0 Å². The number of hydrogen-bond donors (Lipinski definition) is 2. The van der Waals surface area contributed by atoms with Gasteiger partial charge in [0.1, 0.15) is 5.82 Å². The van der Waals surface area contributed by atoms with Crippen molar-refractivity contribution in [1.82, 2.24) is 4.90 Å². The number of aliphatic hydroxyl groups is 2. The largest absolute Gasteiger partial charge is 0.390 e. The van der Waals surface area contributed by atoms with Crippen LogP contribution in [0, 0.1) is 5.82 Å². The van der Waals surface area contributed by atoms with Crippen molar-refractivity contribution in [1.29, 1.82) is 0 Å². The Bertz CT molecular complexity index is 629. The summed E-state index contributed by atoms with van der Waals surface area (Å²) < 4.78 is 13.8. The number of hydrogen-bond acceptors (Lipinski definition) is 3. The first-order valence-electron chi connectivity index (χ1n) is 7.56. The second-order valence-electron chi connectivity index (χ2n) is 5.84. The first kappa shape index (κ1) is 15.2. The minimum absolute atomic E-state index is 0.219. The molecule has 1 aliphatic rings. The molecule has 3 rings (SSSR count). The maximum absolute atomic E-state index is 13.8. The van der Waals surface area contributed by atoms with Crippen LogP contribution >= 0.6 is 0 Å². The molecule has 0 amide bonds. The molecule has 0 spiro atoms. The third-order valence-corrected chi connectivity index (χ3v) is 4.18. The van der Waals surface area contributed by atoms with E-state index in [9.17, 15) is 14.6 Å². The Hall–Kier alpha value is -1.75. The fraction of sp³-hybridized carbons (Fsp3) is 0.333. The van der Waals surface area contributed by atoms with E-state index in [1.807, 2.05) is 30.3 Å². The third kappa shape index (κ3) is 3.35. The number of aliphatic hydroxyl groups excluding tert-OH is 2. The van der Waals surface area contributed by atoms with Gasteiger partial charge in [-0.15, -0.1) is 0 Å². The molecule has 2 aromatic rings. The standard InChI is InChI=1S/C18H20FNO2/c19-16-4-2-1-3-15(16)14-7-5-13(6-8-14)11-20-10-9-17(21)18(22)12-20/h1-8,17-18,21-22H,9-12H2/t17-,18-/m1/s1. The van der Waals surface area contributed by atoms with E-state index in [0.29, 0.717) is 18.5 Å². The van der Waals surface area contributed by atoms with Gasteiger partial charge in [-0.3, -0.25) is 4.90 Å². The van der Waals surface area contributed by atoms with Crippen molar-refractivity contribution in [3.05, 3.63) is 59.9 Å². The van der Waals surface area contributed by atoms with Crippen LogP contribution in [0.15, 0.2) is 48.5 Å². The van der Waals surface area contributed by atoms with Gasteiger partial charge in [-0.25, -0.2) is 4.39 Å². The number of β-amino-alcohol motifs (C(OH)–C–C–N with tert-alkyl or cyclic N) is 1. The smallest absolute Gasteiger partial charge is 0.131 e. The maximum atomic E-state index is 13.8. The van der Waals surface area contributed by atoms with E-state index in [1.165, 1.54) is 6.07 Å². The highest BCUT2D eigenvalue weighted by molar-refractivity contribution is 5.64. The molecule has 0 unspecified atom stereocenters. The molecule has 2 N–H and O–H groups in total. The normalized spacial score (nSPS) is 22.7. The lowest BCUT2D eigenvalue weighted by Crippen LogP contribution is -2.46. The van der Waals surface area contributed by atoms with Crippen LogP contribution in [0.3, 0.4) is 0 Å². The first-order chi connectivity index (χ1) is 10.6. The molecule has 1 saturated heterocycles. The highest BCUT2D eigenvalue weighted by atomic mass is 19.1. The van der Waals surface area contributed by atoms with Crippen LogP contribution < -0.4 is 0 Å². The average molecular weight is 301 g/mol. The van der Waals surface area contributed by atoms with Crippen LogP contribution in [0.5, 0.6) is 0 Å². The van der Waals surface area contributed by atoms with Gasteiger partial charge in [0.2, 0.25) is 0 Å². The van der Waals surface area contributed by atoms with Gasteiger partial charge in [0, 0.05) is 25.2 Å². The second-order valence-corrected chi connectivity index (χ2v) is 5.84. The molecular formula is C18H20FNO2. The molecule has 22 heavy (non-hydrogen) atoms. The van der Waals surface area contributed by atoms with Crippen LogP contribution in [0.25, 0.3) is 11.1 Å². The fourth-order valence-electron chi connectivity index (χ4n) is 2.87. The van der Waals surface area contributed by atoms with Gasteiger partial charge in [0.25, 0.3) is 0 Å². The summed E-state index contributed by atoms with van der Waals surface area (Å²) in [7, 11) is 0. The molecule has 0 aliphatic carbocycles. The molecule has 2 aromatic carbocycles. The summed E-state index contributed by atoms with van der Waals surface area (Å²) in [5.74, 6) is -0.219. The molecule has 1 heterocycles. The van der Waals surface area contributed by atoms with E-state index in [-0.39, 0.29) is 5.82 Å². The number of benzene rings is 2. The van der Waals surface area contributed by atoms with Crippen LogP contribution in [-0.4, -0.2) is 40.4 Å². The molecule has 1 fully saturated rings. The fourth-order valence-corrected chi connectivity index (χ4v) is 2.87. The highest BCUT2D eigenvalue weighted by Gasteiger charge is 2.25. The van der Waals surface area contributed by atoms with Crippen molar-refractivity contribution in [3.63, 3.8) is 0 Å². The zero-order chi connectivity index (χ0) is 15.5. The van der Waals surface area contributed by atoms with Crippen molar-refractivity contribution in [3.8, 4) is 11.1 Å². The quantitative estimate of drug-likeness (QED) is 0.915. The molecule has 0 radical (unpaired) electrons. The third-order valence-electron chi connectivity index (χ3n) is 4.18. The Labute approximate surface area is 129 Å². The predicted molar refractivity (Wildman–Crippen MR) is 83.7 cm³/mol. The van der Waals surface area contributed by atoms with Crippen LogP contribution in [0.2, 0.25) is 0 Å². The molecule has 1 aliphatic heterocycles. The molecular weight excluding hydrogens is 281 g/mol. The first-order valence-corrected chi connectivity index (χ1v) is 7.56. The number of likely N-dealkylation sites (tertiary alicyclic amines) is 1. The summed E-state index contributed by atoms with van der Waals surface area (Å²) in [5, 5.41) is 19.3. The van der Waals surface area contributed by atoms with Gasteiger partial charge in [-0.05, 0) is 23.6 Å². The van der Waals surface area contributed by atoms with E-state index in [2.05, 4.69) is 4.90 Å². The van der Waals surface area contributed by atoms with Gasteiger partial charge >= 0.3 is 0 Å². The average Bonchev–Trinajstić information content (AvgIpc) is 2.52. The summed E-state index contributed by atoms with van der Waals surface area (Å²) in [6, 6.07) is 14.6. The van der Waals surface area contributed by atoms with Gasteiger partial charge in [0.05, 0.1) is 12.2 Å². The van der Waals surface area contributed by atoms with Crippen molar-refractivity contribution in [2.45, 2.75) is 25.2 Å². The van der Waals surface area contributed by atoms with Crippen LogP contribution in [0.4, 0.5) is 4.39 Å². The van der Waals surface area contributed by atoms with E-state index < -0.39 is 12.2 Å². The topological polar surface area (TPSA) is 43.7 Å². The van der Waals surface area contributed by atoms with E-state index >= 15 is 0 Å². The lowest BCUT2D eigenvalue weighted by Gasteiger charge is -2.33. The Morgan fingerprint density at radius 2 is 1.73 bits per heavy atom. The Morgan fingerprint density at radius 1 is 1.00 bits per heavy atom. The van der Waals surface area contributed by atoms with Gasteiger partial charge in [-0.2, -0.15) is 0 Å². The second kappa shape index (κ2) is 6.57. The molecule has 0 saturated carbocycles. The summed E-state index contributed by atoms with van der Waals surface area (Å²) in [4.78, 5) is 2.12. The van der Waals surface area contributed by atoms with E-state index in [1.54, 1.807) is 12.1 Å². The number of piperidine rings is 1. The molecule has 0 aromatic heterocycles. The maximum Gasteiger partial charge on any atom is 0.131 e. The Balaban J connectivity index is 1.69. The van der Waals surface area contributed by atoms with Gasteiger partial charge in [-0.1, -0.05) is 42.5 Å². The Kier molecular flexibility index (Phi) is 4.52. The zero-order valence-electron chi connectivity index (χ0n) is 12.3. The number of halogens is 1. The number of rotatable bonds is 3. The lowest BCUT2D eigenvalue weighted by atomic mass is 10.0. The SMILES string of the molecule is O[C@@H]1CCN(Cc2ccc(-c3ccccc3F)cc2)C[C@H]1O. The number of nitrogens with zero attached hydrogens (tertiary/aromatic N) is 1. The minimum Gasteiger partial charge on any atom is -0.390 e. The van der Waals surface area contributed by atoms with Gasteiger partial charge in [0.15, 0.2) is 0 Å². The molecule has 116 valence electrons. The molecule has 0 bridgehead atoms. The van der Waals surface area contributed by atoms with E-state index in [0.717, 1.165) is 24.2 Å². The van der Waals surface area contributed by atoms with Crippen LogP contribution in [0.1, 0.15) is 12.0 Å². The monoisotopic (exact) mass is 301 g/mol. The molecule has 4 heteroatoms. The lowest BCUT2D eigenvalue weighted by molar-refractivity contribution is -0.0403.